The number of benzene rings is 1. The Hall–Kier alpha value is -1.19. The summed E-state index contributed by atoms with van der Waals surface area (Å²) in [6.45, 7) is 2.14. The van der Waals surface area contributed by atoms with E-state index in [0.717, 1.165) is 12.0 Å². The van der Waals surface area contributed by atoms with Gasteiger partial charge in [-0.25, -0.2) is 0 Å². The third-order valence-corrected chi connectivity index (χ3v) is 2.27. The fourth-order valence-corrected chi connectivity index (χ4v) is 1.45. The van der Waals surface area contributed by atoms with Crippen LogP contribution in [0.2, 0.25) is 0 Å². The highest BCUT2D eigenvalue weighted by atomic mass is 16.3. The van der Waals surface area contributed by atoms with E-state index in [1.165, 1.54) is 12.5 Å². The molecule has 15 heavy (non-hydrogen) atoms. The first-order chi connectivity index (χ1) is 7.07. The molecule has 1 atom stereocenters. The highest BCUT2D eigenvalue weighted by Crippen LogP contribution is 2.12. The predicted octanol–water partition coefficient (Wildman–Crippen LogP) is 0.680. The lowest BCUT2D eigenvalue weighted by molar-refractivity contribution is -0.122. The Kier molecular flexibility index (Phi) is 4.00. The maximum atomic E-state index is 10.5. The minimum Gasteiger partial charge on any atom is -0.382 e. The van der Waals surface area contributed by atoms with Gasteiger partial charge in [0.05, 0.1) is 0 Å². The van der Waals surface area contributed by atoms with Crippen LogP contribution in [0.25, 0.3) is 0 Å². The van der Waals surface area contributed by atoms with Gasteiger partial charge in [-0.3, -0.25) is 0 Å². The van der Waals surface area contributed by atoms with Gasteiger partial charge < -0.3 is 15.6 Å². The quantitative estimate of drug-likeness (QED) is 0.698. The van der Waals surface area contributed by atoms with Crippen molar-refractivity contribution in [3.8, 4) is 0 Å². The van der Waals surface area contributed by atoms with Crippen LogP contribution in [0.15, 0.2) is 24.3 Å². The fraction of sp³-hybridized carbons (Fsp3) is 0.417. The van der Waals surface area contributed by atoms with Gasteiger partial charge >= 0.3 is 0 Å². The van der Waals surface area contributed by atoms with E-state index >= 15 is 0 Å². The van der Waals surface area contributed by atoms with E-state index in [-0.39, 0.29) is 0 Å². The molecule has 3 heteroatoms. The van der Waals surface area contributed by atoms with Crippen molar-refractivity contribution in [2.75, 3.05) is 6.54 Å². The molecule has 0 radical (unpaired) electrons. The Morgan fingerprint density at radius 2 is 1.87 bits per heavy atom. The maximum absolute atomic E-state index is 10.5. The lowest BCUT2D eigenvalue weighted by Gasteiger charge is -2.15. The largest absolute Gasteiger partial charge is 0.382 e. The minimum atomic E-state index is -1.27. The Morgan fingerprint density at radius 1 is 1.33 bits per heavy atom. The minimum absolute atomic E-state index is 0.347. The zero-order valence-corrected chi connectivity index (χ0v) is 8.94. The second-order valence-electron chi connectivity index (χ2n) is 4.01. The zero-order chi connectivity index (χ0) is 11.3. The molecule has 0 fully saturated rings. The van der Waals surface area contributed by atoms with Gasteiger partial charge in [0.25, 0.3) is 0 Å². The first-order valence-corrected chi connectivity index (χ1v) is 5.04. The number of carbonyl (C=O) groups is 1. The number of hydrogen-bond acceptors (Lipinski definition) is 3. The Morgan fingerprint density at radius 3 is 2.33 bits per heavy atom. The van der Waals surface area contributed by atoms with Crippen molar-refractivity contribution in [1.82, 2.24) is 0 Å². The molecule has 0 aromatic heterocycles. The van der Waals surface area contributed by atoms with Crippen LogP contribution in [0.3, 0.4) is 0 Å². The summed E-state index contributed by atoms with van der Waals surface area (Å²) < 4.78 is 0. The van der Waals surface area contributed by atoms with Gasteiger partial charge in [-0.1, -0.05) is 24.3 Å². The first kappa shape index (κ1) is 11.9. The summed E-state index contributed by atoms with van der Waals surface area (Å²) in [4.78, 5) is 10.5. The van der Waals surface area contributed by atoms with Crippen LogP contribution >= 0.6 is 0 Å². The highest BCUT2D eigenvalue weighted by molar-refractivity contribution is 5.62. The van der Waals surface area contributed by atoms with Crippen molar-refractivity contribution >= 4 is 6.29 Å². The zero-order valence-electron chi connectivity index (χ0n) is 8.94. The molecule has 0 saturated carbocycles. The third kappa shape index (κ3) is 3.81. The maximum Gasteiger partial charge on any atom is 0.151 e. The van der Waals surface area contributed by atoms with E-state index in [1.54, 1.807) is 0 Å². The van der Waals surface area contributed by atoms with Crippen molar-refractivity contribution in [3.05, 3.63) is 35.4 Å². The van der Waals surface area contributed by atoms with E-state index < -0.39 is 5.60 Å². The lowest BCUT2D eigenvalue weighted by Crippen LogP contribution is -2.28. The smallest absolute Gasteiger partial charge is 0.151 e. The van der Waals surface area contributed by atoms with Gasteiger partial charge in [0.2, 0.25) is 0 Å². The van der Waals surface area contributed by atoms with Crippen molar-refractivity contribution in [2.45, 2.75) is 25.4 Å². The molecule has 3 N–H and O–H groups in total. The second kappa shape index (κ2) is 5.05. The molecule has 1 unspecified atom stereocenters. The average Bonchev–Trinajstić information content (AvgIpc) is 2.21. The average molecular weight is 207 g/mol. The molecule has 1 aromatic rings. The third-order valence-electron chi connectivity index (χ3n) is 2.27. The topological polar surface area (TPSA) is 63.3 Å². The summed E-state index contributed by atoms with van der Waals surface area (Å²) in [5.41, 5.74) is 6.29. The van der Waals surface area contributed by atoms with Crippen LogP contribution in [0.5, 0.6) is 0 Å². The number of aldehydes is 1. The molecule has 0 aliphatic rings. The molecule has 0 amide bonds. The summed E-state index contributed by atoms with van der Waals surface area (Å²) in [6, 6.07) is 7.79. The van der Waals surface area contributed by atoms with Gasteiger partial charge in [0.15, 0.2) is 6.29 Å². The molecular weight excluding hydrogens is 190 g/mol. The van der Waals surface area contributed by atoms with Gasteiger partial charge in [-0.15, -0.1) is 0 Å². The molecule has 0 bridgehead atoms. The van der Waals surface area contributed by atoms with Crippen LogP contribution in [-0.2, 0) is 17.6 Å². The van der Waals surface area contributed by atoms with Crippen LogP contribution < -0.4 is 5.73 Å². The molecule has 3 nitrogen and oxygen atoms in total. The molecule has 1 aromatic carbocycles. The summed E-state index contributed by atoms with van der Waals surface area (Å²) in [6.07, 6.45) is 1.77. The number of rotatable bonds is 5. The number of hydrogen-bond donors (Lipinski definition) is 2. The lowest BCUT2D eigenvalue weighted by atomic mass is 9.97. The summed E-state index contributed by atoms with van der Waals surface area (Å²) >= 11 is 0. The molecule has 0 saturated heterocycles. The van der Waals surface area contributed by atoms with E-state index in [4.69, 9.17) is 5.73 Å². The fourth-order valence-electron chi connectivity index (χ4n) is 1.45. The predicted molar refractivity (Wildman–Crippen MR) is 59.6 cm³/mol. The summed E-state index contributed by atoms with van der Waals surface area (Å²) in [5, 5.41) is 9.56. The molecular formula is C12H17NO2. The van der Waals surface area contributed by atoms with Gasteiger partial charge in [-0.05, 0) is 31.0 Å². The molecule has 0 aliphatic heterocycles. The van der Waals surface area contributed by atoms with Crippen molar-refractivity contribution in [1.29, 1.82) is 0 Å². The van der Waals surface area contributed by atoms with E-state index in [1.807, 2.05) is 24.3 Å². The molecule has 0 heterocycles. The van der Waals surface area contributed by atoms with E-state index in [0.29, 0.717) is 19.3 Å². The normalized spacial score (nSPS) is 14.6. The van der Waals surface area contributed by atoms with Crippen LogP contribution in [0.4, 0.5) is 0 Å². The van der Waals surface area contributed by atoms with E-state index in [9.17, 15) is 9.90 Å². The highest BCUT2D eigenvalue weighted by Gasteiger charge is 2.19. The summed E-state index contributed by atoms with van der Waals surface area (Å²) in [7, 11) is 0. The van der Waals surface area contributed by atoms with Gasteiger partial charge in [0.1, 0.15) is 5.60 Å². The molecule has 0 aliphatic carbocycles. The van der Waals surface area contributed by atoms with Gasteiger partial charge in [-0.2, -0.15) is 0 Å². The van der Waals surface area contributed by atoms with Crippen molar-refractivity contribution in [3.63, 3.8) is 0 Å². The second-order valence-corrected chi connectivity index (χ2v) is 4.01. The molecule has 0 spiro atoms. The number of carbonyl (C=O) groups excluding carboxylic acids is 1. The van der Waals surface area contributed by atoms with Crippen molar-refractivity contribution in [2.24, 2.45) is 5.73 Å². The van der Waals surface area contributed by atoms with E-state index in [2.05, 4.69) is 0 Å². The SMILES string of the molecule is CC(O)(C=O)Cc1ccc(CCN)cc1. The first-order valence-electron chi connectivity index (χ1n) is 5.04. The number of nitrogens with two attached hydrogens (primary N) is 1. The Balaban J connectivity index is 2.68. The summed E-state index contributed by atoms with van der Waals surface area (Å²) in [5.74, 6) is 0. The van der Waals surface area contributed by atoms with Crippen LogP contribution in [0, 0.1) is 0 Å². The van der Waals surface area contributed by atoms with Crippen LogP contribution in [-0.4, -0.2) is 23.5 Å². The van der Waals surface area contributed by atoms with Gasteiger partial charge in [0, 0.05) is 6.42 Å². The Bertz CT molecular complexity index is 317. The monoisotopic (exact) mass is 207 g/mol. The molecule has 1 rings (SSSR count). The van der Waals surface area contributed by atoms with Crippen molar-refractivity contribution < 1.29 is 9.90 Å². The van der Waals surface area contributed by atoms with Crippen LogP contribution in [0.1, 0.15) is 18.1 Å². The standard InChI is InChI=1S/C12H17NO2/c1-12(15,9-14)8-11-4-2-10(3-5-11)6-7-13/h2-5,9,15H,6-8,13H2,1H3. The Labute approximate surface area is 89.9 Å². The number of aliphatic hydroxyl groups is 1. The molecule has 82 valence electrons.